The lowest BCUT2D eigenvalue weighted by Gasteiger charge is -2.25. The molecule has 1 fully saturated rings. The van der Waals surface area contributed by atoms with Gasteiger partial charge in [0, 0.05) is 19.0 Å². The van der Waals surface area contributed by atoms with Crippen molar-refractivity contribution in [1.29, 1.82) is 0 Å². The molecule has 4 nitrogen and oxygen atoms in total. The fourth-order valence-corrected chi connectivity index (χ4v) is 3.38. The first kappa shape index (κ1) is 12.2. The van der Waals surface area contributed by atoms with Gasteiger partial charge in [-0.25, -0.2) is 0 Å². The third-order valence-electron chi connectivity index (χ3n) is 4.45. The molecule has 3 rings (SSSR count). The van der Waals surface area contributed by atoms with E-state index in [1.165, 1.54) is 50.8 Å². The zero-order valence-corrected chi connectivity index (χ0v) is 11.4. The summed E-state index contributed by atoms with van der Waals surface area (Å²) in [5.41, 5.74) is 0. The molecule has 0 aromatic carbocycles. The van der Waals surface area contributed by atoms with E-state index in [9.17, 15) is 0 Å². The van der Waals surface area contributed by atoms with Crippen LogP contribution < -0.4 is 5.32 Å². The molecule has 0 saturated heterocycles. The van der Waals surface area contributed by atoms with Gasteiger partial charge < -0.3 is 9.88 Å². The summed E-state index contributed by atoms with van der Waals surface area (Å²) in [5, 5.41) is 12.4. The van der Waals surface area contributed by atoms with Gasteiger partial charge in [-0.3, -0.25) is 0 Å². The van der Waals surface area contributed by atoms with E-state index in [0.29, 0.717) is 12.0 Å². The maximum absolute atomic E-state index is 4.52. The smallest absolute Gasteiger partial charge is 0.149 e. The van der Waals surface area contributed by atoms with Crippen molar-refractivity contribution in [3.05, 3.63) is 11.6 Å². The third-order valence-corrected chi connectivity index (χ3v) is 4.45. The largest absolute Gasteiger partial charge is 0.312 e. The second kappa shape index (κ2) is 5.39. The summed E-state index contributed by atoms with van der Waals surface area (Å²) in [6, 6.07) is 0.355. The van der Waals surface area contributed by atoms with Crippen LogP contribution in [0.15, 0.2) is 0 Å². The Hall–Kier alpha value is -0.900. The predicted octanol–water partition coefficient (Wildman–Crippen LogP) is 2.77. The number of aromatic nitrogens is 3. The minimum atomic E-state index is 0.355. The summed E-state index contributed by atoms with van der Waals surface area (Å²) in [7, 11) is 0. The van der Waals surface area contributed by atoms with Gasteiger partial charge in [0.15, 0.2) is 0 Å². The van der Waals surface area contributed by atoms with Crippen LogP contribution in [-0.4, -0.2) is 21.3 Å². The van der Waals surface area contributed by atoms with Crippen LogP contribution in [-0.2, 0) is 6.54 Å². The molecular weight excluding hydrogens is 224 g/mol. The highest BCUT2D eigenvalue weighted by atomic mass is 15.3. The summed E-state index contributed by atoms with van der Waals surface area (Å²) in [4.78, 5) is 0. The summed E-state index contributed by atoms with van der Waals surface area (Å²) in [6.45, 7) is 4.27. The number of hydrogen-bond donors (Lipinski definition) is 1. The van der Waals surface area contributed by atoms with Crippen LogP contribution >= 0.6 is 0 Å². The molecule has 1 aliphatic heterocycles. The average molecular weight is 248 g/mol. The standard InChI is InChI=1S/C14H24N4/c1-11-13-16-17-14(18(13)10-9-15-11)12-7-5-3-2-4-6-8-12/h11-12,15H,2-10H2,1H3. The van der Waals surface area contributed by atoms with Crippen LogP contribution in [0.5, 0.6) is 0 Å². The molecule has 2 aliphatic rings. The Balaban J connectivity index is 1.82. The van der Waals surface area contributed by atoms with Gasteiger partial charge in [0.2, 0.25) is 0 Å². The molecule has 0 radical (unpaired) electrons. The molecule has 0 amide bonds. The van der Waals surface area contributed by atoms with E-state index in [2.05, 4.69) is 27.0 Å². The Labute approximate surface area is 109 Å². The topological polar surface area (TPSA) is 42.7 Å². The normalized spacial score (nSPS) is 26.4. The van der Waals surface area contributed by atoms with Crippen molar-refractivity contribution in [2.45, 2.75) is 70.4 Å². The molecule has 1 saturated carbocycles. The molecule has 1 aliphatic carbocycles. The lowest BCUT2D eigenvalue weighted by atomic mass is 9.90. The lowest BCUT2D eigenvalue weighted by Crippen LogP contribution is -2.33. The minimum Gasteiger partial charge on any atom is -0.312 e. The van der Waals surface area contributed by atoms with Crippen molar-refractivity contribution < 1.29 is 0 Å². The Morgan fingerprint density at radius 1 is 1.00 bits per heavy atom. The highest BCUT2D eigenvalue weighted by molar-refractivity contribution is 5.07. The molecule has 1 atom stereocenters. The summed E-state index contributed by atoms with van der Waals surface area (Å²) in [6.07, 6.45) is 9.55. The van der Waals surface area contributed by atoms with Gasteiger partial charge >= 0.3 is 0 Å². The maximum Gasteiger partial charge on any atom is 0.149 e. The number of nitrogens with one attached hydrogen (secondary N) is 1. The van der Waals surface area contributed by atoms with E-state index in [1.54, 1.807) is 0 Å². The lowest BCUT2D eigenvalue weighted by molar-refractivity contribution is 0.396. The van der Waals surface area contributed by atoms with Gasteiger partial charge in [-0.2, -0.15) is 0 Å². The van der Waals surface area contributed by atoms with E-state index >= 15 is 0 Å². The van der Waals surface area contributed by atoms with Crippen LogP contribution in [0.2, 0.25) is 0 Å². The highest BCUT2D eigenvalue weighted by Crippen LogP contribution is 2.31. The van der Waals surface area contributed by atoms with Gasteiger partial charge in [0.05, 0.1) is 6.04 Å². The zero-order valence-electron chi connectivity index (χ0n) is 11.4. The fourth-order valence-electron chi connectivity index (χ4n) is 3.38. The van der Waals surface area contributed by atoms with Crippen LogP contribution in [0.3, 0.4) is 0 Å². The number of rotatable bonds is 1. The molecule has 100 valence electrons. The molecule has 4 heteroatoms. The molecule has 1 unspecified atom stereocenters. The second-order valence-corrected chi connectivity index (χ2v) is 5.79. The van der Waals surface area contributed by atoms with E-state index < -0.39 is 0 Å². The quantitative estimate of drug-likeness (QED) is 0.831. The summed E-state index contributed by atoms with van der Waals surface area (Å²) >= 11 is 0. The van der Waals surface area contributed by atoms with E-state index in [4.69, 9.17) is 0 Å². The van der Waals surface area contributed by atoms with Gasteiger partial charge in [-0.1, -0.05) is 32.1 Å². The predicted molar refractivity (Wildman–Crippen MR) is 71.5 cm³/mol. The molecule has 2 heterocycles. The first-order valence-corrected chi connectivity index (χ1v) is 7.52. The van der Waals surface area contributed by atoms with Crippen molar-refractivity contribution in [3.8, 4) is 0 Å². The van der Waals surface area contributed by atoms with E-state index in [0.717, 1.165) is 18.9 Å². The summed E-state index contributed by atoms with van der Waals surface area (Å²) < 4.78 is 2.38. The monoisotopic (exact) mass is 248 g/mol. The number of hydrogen-bond acceptors (Lipinski definition) is 3. The zero-order chi connectivity index (χ0) is 12.4. The second-order valence-electron chi connectivity index (χ2n) is 5.79. The Bertz CT molecular complexity index is 390. The Kier molecular flexibility index (Phi) is 3.64. The first-order chi connectivity index (χ1) is 8.86. The summed E-state index contributed by atoms with van der Waals surface area (Å²) in [5.74, 6) is 3.05. The van der Waals surface area contributed by atoms with Crippen molar-refractivity contribution >= 4 is 0 Å². The van der Waals surface area contributed by atoms with E-state index in [-0.39, 0.29) is 0 Å². The number of nitrogens with zero attached hydrogens (tertiary/aromatic N) is 3. The fraction of sp³-hybridized carbons (Fsp3) is 0.857. The molecular formula is C14H24N4. The average Bonchev–Trinajstić information content (AvgIpc) is 2.74. The van der Waals surface area contributed by atoms with Gasteiger partial charge in [-0.15, -0.1) is 10.2 Å². The van der Waals surface area contributed by atoms with Crippen LogP contribution in [0.1, 0.15) is 75.5 Å². The Morgan fingerprint density at radius 2 is 1.67 bits per heavy atom. The van der Waals surface area contributed by atoms with Gasteiger partial charge in [0.1, 0.15) is 11.6 Å². The third kappa shape index (κ3) is 2.30. The number of fused-ring (bicyclic) bond motifs is 1. The molecule has 1 aromatic rings. The molecule has 18 heavy (non-hydrogen) atoms. The molecule has 0 bridgehead atoms. The minimum absolute atomic E-state index is 0.355. The van der Waals surface area contributed by atoms with Gasteiger partial charge in [-0.05, 0) is 19.8 Å². The first-order valence-electron chi connectivity index (χ1n) is 7.52. The van der Waals surface area contributed by atoms with Crippen molar-refractivity contribution in [3.63, 3.8) is 0 Å². The van der Waals surface area contributed by atoms with Crippen molar-refractivity contribution in [2.75, 3.05) is 6.54 Å². The van der Waals surface area contributed by atoms with Crippen molar-refractivity contribution in [1.82, 2.24) is 20.1 Å². The highest BCUT2D eigenvalue weighted by Gasteiger charge is 2.26. The molecule has 1 aromatic heterocycles. The molecule has 0 spiro atoms. The maximum atomic E-state index is 4.52. The van der Waals surface area contributed by atoms with Crippen molar-refractivity contribution in [2.24, 2.45) is 0 Å². The van der Waals surface area contributed by atoms with Crippen LogP contribution in [0, 0.1) is 0 Å². The SMILES string of the molecule is CC1NCCn2c(C3CCCCCCC3)nnc21. The van der Waals surface area contributed by atoms with Crippen LogP contribution in [0.25, 0.3) is 0 Å². The van der Waals surface area contributed by atoms with E-state index in [1.807, 2.05) is 0 Å². The Morgan fingerprint density at radius 3 is 2.44 bits per heavy atom. The van der Waals surface area contributed by atoms with Crippen LogP contribution in [0.4, 0.5) is 0 Å². The molecule has 1 N–H and O–H groups in total. The van der Waals surface area contributed by atoms with Gasteiger partial charge in [0.25, 0.3) is 0 Å².